The lowest BCUT2D eigenvalue weighted by atomic mass is 9.97. The van der Waals surface area contributed by atoms with Crippen molar-refractivity contribution in [1.82, 2.24) is 0 Å². The molecular formula is C12H14F3O2. The van der Waals surface area contributed by atoms with Gasteiger partial charge in [0, 0.05) is 11.5 Å². The third-order valence-electron chi connectivity index (χ3n) is 2.39. The minimum Gasteiger partial charge on any atom is -0.405 e. The van der Waals surface area contributed by atoms with Crippen LogP contribution >= 0.6 is 0 Å². The normalized spacial score (nSPS) is 13.5. The maximum Gasteiger partial charge on any atom is 0.573 e. The first-order valence-electron chi connectivity index (χ1n) is 5.20. The average molecular weight is 247 g/mol. The molecule has 0 saturated heterocycles. The molecule has 1 atom stereocenters. The van der Waals surface area contributed by atoms with Gasteiger partial charge in [-0.05, 0) is 18.9 Å². The first kappa shape index (κ1) is 13.8. The fourth-order valence-electron chi connectivity index (χ4n) is 1.54. The molecule has 17 heavy (non-hydrogen) atoms. The predicted molar refractivity (Wildman–Crippen MR) is 57.7 cm³/mol. The molecule has 0 heterocycles. The van der Waals surface area contributed by atoms with E-state index in [4.69, 9.17) is 5.11 Å². The second-order valence-electron chi connectivity index (χ2n) is 3.62. The quantitative estimate of drug-likeness (QED) is 0.886. The van der Waals surface area contributed by atoms with Gasteiger partial charge in [0.05, 0.1) is 6.61 Å². The summed E-state index contributed by atoms with van der Waals surface area (Å²) in [7, 11) is 0. The molecule has 0 spiro atoms. The number of aliphatic hydroxyl groups is 1. The van der Waals surface area contributed by atoms with E-state index < -0.39 is 12.3 Å². The lowest BCUT2D eigenvalue weighted by Crippen LogP contribution is -2.20. The van der Waals surface area contributed by atoms with E-state index in [1.165, 1.54) is 6.07 Å². The summed E-state index contributed by atoms with van der Waals surface area (Å²) < 4.78 is 40.9. The Kier molecular flexibility index (Phi) is 4.40. The first-order chi connectivity index (χ1) is 7.89. The Hall–Kier alpha value is -1.23. The van der Waals surface area contributed by atoms with Crippen LogP contribution in [-0.4, -0.2) is 18.1 Å². The van der Waals surface area contributed by atoms with Crippen LogP contribution < -0.4 is 4.74 Å². The number of benzene rings is 1. The minimum absolute atomic E-state index is 0.239. The standard InChI is InChI=1S/C12H14F3O2/c1-3-9-5-4-6-10(8(2)7-16)11(9)17-12(13,14)15/h4-6,8,16H,2-3,7H2,1H3. The maximum atomic E-state index is 12.3. The SMILES string of the molecule is [CH2]C(CO)c1cccc(CC)c1OC(F)(F)F. The Morgan fingerprint density at radius 3 is 2.53 bits per heavy atom. The number of ether oxygens (including phenoxy) is 1. The number of hydrogen-bond acceptors (Lipinski definition) is 2. The summed E-state index contributed by atoms with van der Waals surface area (Å²) in [5.74, 6) is -0.879. The van der Waals surface area contributed by atoms with Gasteiger partial charge in [-0.25, -0.2) is 0 Å². The van der Waals surface area contributed by atoms with E-state index in [2.05, 4.69) is 11.7 Å². The molecule has 0 aromatic heterocycles. The maximum absolute atomic E-state index is 12.3. The molecule has 1 aromatic rings. The summed E-state index contributed by atoms with van der Waals surface area (Å²) in [6.45, 7) is 5.00. The highest BCUT2D eigenvalue weighted by atomic mass is 19.4. The second kappa shape index (κ2) is 5.40. The van der Waals surface area contributed by atoms with Gasteiger partial charge in [0.1, 0.15) is 5.75 Å². The Balaban J connectivity index is 3.20. The minimum atomic E-state index is -4.74. The molecule has 1 N–H and O–H groups in total. The van der Waals surface area contributed by atoms with Gasteiger partial charge in [-0.3, -0.25) is 0 Å². The van der Waals surface area contributed by atoms with Gasteiger partial charge >= 0.3 is 6.36 Å². The molecule has 0 amide bonds. The van der Waals surface area contributed by atoms with Gasteiger partial charge in [-0.2, -0.15) is 0 Å². The Bertz CT molecular complexity index is 375. The summed E-state index contributed by atoms with van der Waals surface area (Å²) in [5.41, 5.74) is 0.714. The topological polar surface area (TPSA) is 29.5 Å². The average Bonchev–Trinajstić information content (AvgIpc) is 2.26. The summed E-state index contributed by atoms with van der Waals surface area (Å²) in [4.78, 5) is 0. The van der Waals surface area contributed by atoms with Crippen molar-refractivity contribution >= 4 is 0 Å². The summed E-state index contributed by atoms with van der Waals surface area (Å²) in [5, 5.41) is 8.98. The molecule has 1 rings (SSSR count). The zero-order valence-corrected chi connectivity index (χ0v) is 9.42. The number of rotatable bonds is 4. The number of para-hydroxylation sites is 1. The Morgan fingerprint density at radius 1 is 1.41 bits per heavy atom. The van der Waals surface area contributed by atoms with E-state index in [0.29, 0.717) is 12.0 Å². The molecule has 95 valence electrons. The monoisotopic (exact) mass is 247 g/mol. The van der Waals surface area contributed by atoms with Crippen LogP contribution in [0.2, 0.25) is 0 Å². The van der Waals surface area contributed by atoms with E-state index in [1.807, 2.05) is 0 Å². The molecule has 0 bridgehead atoms. The van der Waals surface area contributed by atoms with Crippen LogP contribution in [0.25, 0.3) is 0 Å². The summed E-state index contributed by atoms with van der Waals surface area (Å²) in [6.07, 6.45) is -4.33. The van der Waals surface area contributed by atoms with Crippen molar-refractivity contribution in [3.63, 3.8) is 0 Å². The van der Waals surface area contributed by atoms with Crippen molar-refractivity contribution in [3.8, 4) is 5.75 Å². The van der Waals surface area contributed by atoms with Crippen molar-refractivity contribution in [2.24, 2.45) is 0 Å². The highest BCUT2D eigenvalue weighted by Gasteiger charge is 2.33. The third kappa shape index (κ3) is 3.63. The lowest BCUT2D eigenvalue weighted by Gasteiger charge is -2.19. The molecule has 0 aliphatic carbocycles. The zero-order chi connectivity index (χ0) is 13.1. The zero-order valence-electron chi connectivity index (χ0n) is 9.42. The molecule has 0 fully saturated rings. The lowest BCUT2D eigenvalue weighted by molar-refractivity contribution is -0.275. The van der Waals surface area contributed by atoms with Crippen molar-refractivity contribution < 1.29 is 23.0 Å². The second-order valence-corrected chi connectivity index (χ2v) is 3.62. The fraction of sp³-hybridized carbons (Fsp3) is 0.417. The fourth-order valence-corrected chi connectivity index (χ4v) is 1.54. The first-order valence-corrected chi connectivity index (χ1v) is 5.20. The van der Waals surface area contributed by atoms with Gasteiger partial charge in [-0.15, -0.1) is 13.2 Å². The molecule has 0 aliphatic heterocycles. The van der Waals surface area contributed by atoms with Crippen LogP contribution in [0, 0.1) is 6.92 Å². The predicted octanol–water partition coefficient (Wildman–Crippen LogP) is 3.06. The van der Waals surface area contributed by atoms with E-state index in [9.17, 15) is 13.2 Å². The van der Waals surface area contributed by atoms with Crippen LogP contribution in [0.3, 0.4) is 0 Å². The summed E-state index contributed by atoms with van der Waals surface area (Å²) >= 11 is 0. The van der Waals surface area contributed by atoms with Crippen LogP contribution in [0.1, 0.15) is 24.0 Å². The number of alkyl halides is 3. The van der Waals surface area contributed by atoms with Crippen LogP contribution in [0.5, 0.6) is 5.75 Å². The van der Waals surface area contributed by atoms with Crippen molar-refractivity contribution in [3.05, 3.63) is 36.2 Å². The van der Waals surface area contributed by atoms with E-state index in [1.54, 1.807) is 19.1 Å². The van der Waals surface area contributed by atoms with Gasteiger partial charge in [0.2, 0.25) is 0 Å². The molecule has 0 aliphatic rings. The summed E-state index contributed by atoms with van der Waals surface area (Å²) in [6, 6.07) is 4.67. The van der Waals surface area contributed by atoms with E-state index in [0.717, 1.165) is 0 Å². The van der Waals surface area contributed by atoms with Gasteiger partial charge in [0.25, 0.3) is 0 Å². The largest absolute Gasteiger partial charge is 0.573 e. The van der Waals surface area contributed by atoms with Crippen LogP contribution in [0.4, 0.5) is 13.2 Å². The molecule has 1 aromatic carbocycles. The van der Waals surface area contributed by atoms with E-state index >= 15 is 0 Å². The molecule has 0 saturated carbocycles. The molecule has 1 radical (unpaired) electrons. The number of hydrogen-bond donors (Lipinski definition) is 1. The van der Waals surface area contributed by atoms with Crippen LogP contribution in [-0.2, 0) is 6.42 Å². The number of halogens is 3. The van der Waals surface area contributed by atoms with Gasteiger partial charge < -0.3 is 9.84 Å². The Morgan fingerprint density at radius 2 is 2.06 bits per heavy atom. The number of aliphatic hydroxyl groups excluding tert-OH is 1. The third-order valence-corrected chi connectivity index (χ3v) is 2.39. The van der Waals surface area contributed by atoms with Gasteiger partial charge in [0.15, 0.2) is 0 Å². The molecular weight excluding hydrogens is 233 g/mol. The molecule has 2 nitrogen and oxygen atoms in total. The van der Waals surface area contributed by atoms with E-state index in [-0.39, 0.29) is 17.9 Å². The van der Waals surface area contributed by atoms with Crippen molar-refractivity contribution in [2.45, 2.75) is 25.6 Å². The smallest absolute Gasteiger partial charge is 0.405 e. The van der Waals surface area contributed by atoms with Crippen molar-refractivity contribution in [1.29, 1.82) is 0 Å². The van der Waals surface area contributed by atoms with Crippen LogP contribution in [0.15, 0.2) is 18.2 Å². The highest BCUT2D eigenvalue weighted by Crippen LogP contribution is 2.34. The highest BCUT2D eigenvalue weighted by molar-refractivity contribution is 5.44. The molecule has 5 heteroatoms. The number of aryl methyl sites for hydroxylation is 1. The van der Waals surface area contributed by atoms with Crippen molar-refractivity contribution in [2.75, 3.05) is 6.61 Å². The van der Waals surface area contributed by atoms with Gasteiger partial charge in [-0.1, -0.05) is 25.1 Å². The molecule has 1 unspecified atom stereocenters. The Labute approximate surface area is 98.0 Å².